The molecule has 4 aromatic carbocycles. The van der Waals surface area contributed by atoms with E-state index in [4.69, 9.17) is 0 Å². The number of hydrogen-bond acceptors (Lipinski definition) is 0. The molecule has 30 heavy (non-hydrogen) atoms. The molecule has 0 amide bonds. The average Bonchev–Trinajstić information content (AvgIpc) is 2.77. The molecule has 0 saturated heterocycles. The van der Waals surface area contributed by atoms with Crippen molar-refractivity contribution in [2.75, 3.05) is 0 Å². The van der Waals surface area contributed by atoms with Gasteiger partial charge in [-0.25, -0.2) is 0 Å². The molecule has 0 heterocycles. The highest BCUT2D eigenvalue weighted by atomic mass is 28.3. The first-order valence-electron chi connectivity index (χ1n) is 10.7. The van der Waals surface area contributed by atoms with Crippen LogP contribution in [0.15, 0.2) is 109 Å². The molecule has 0 nitrogen and oxygen atoms in total. The SMILES string of the molecule is Cc1ccc([Si](c2ccccc2)(c2ccccc2)c2ccccc2C(C)(C)C)cc1. The van der Waals surface area contributed by atoms with Crippen molar-refractivity contribution in [1.82, 2.24) is 0 Å². The average molecular weight is 407 g/mol. The van der Waals surface area contributed by atoms with Gasteiger partial charge < -0.3 is 0 Å². The monoisotopic (exact) mass is 406 g/mol. The van der Waals surface area contributed by atoms with Crippen LogP contribution < -0.4 is 20.7 Å². The predicted octanol–water partition coefficient (Wildman–Crippen LogP) is 4.67. The van der Waals surface area contributed by atoms with Gasteiger partial charge in [-0.3, -0.25) is 0 Å². The Morgan fingerprint density at radius 2 is 0.933 bits per heavy atom. The zero-order valence-corrected chi connectivity index (χ0v) is 19.4. The maximum Gasteiger partial charge on any atom is 0.179 e. The first-order valence-corrected chi connectivity index (χ1v) is 12.7. The van der Waals surface area contributed by atoms with Gasteiger partial charge in [-0.2, -0.15) is 0 Å². The zero-order chi connectivity index (χ0) is 21.2. The summed E-state index contributed by atoms with van der Waals surface area (Å²) >= 11 is 0. The van der Waals surface area contributed by atoms with Crippen molar-refractivity contribution >= 4 is 28.8 Å². The van der Waals surface area contributed by atoms with E-state index < -0.39 is 8.07 Å². The Morgan fingerprint density at radius 1 is 0.500 bits per heavy atom. The Kier molecular flexibility index (Phi) is 5.49. The largest absolute Gasteiger partial charge is 0.179 e. The minimum Gasteiger partial charge on any atom is -0.0623 e. The Labute approximate surface area is 182 Å². The molecule has 0 atom stereocenters. The Morgan fingerprint density at radius 3 is 1.43 bits per heavy atom. The molecule has 0 saturated carbocycles. The Hall–Kier alpha value is -2.90. The maximum atomic E-state index is 2.38. The summed E-state index contributed by atoms with van der Waals surface area (Å²) in [6, 6.07) is 40.7. The first-order chi connectivity index (χ1) is 14.4. The zero-order valence-electron chi connectivity index (χ0n) is 18.4. The highest BCUT2D eigenvalue weighted by molar-refractivity contribution is 7.20. The van der Waals surface area contributed by atoms with Crippen LogP contribution >= 0.6 is 0 Å². The van der Waals surface area contributed by atoms with Crippen LogP contribution in [-0.2, 0) is 5.41 Å². The summed E-state index contributed by atoms with van der Waals surface area (Å²) in [5.41, 5.74) is 2.79. The third kappa shape index (κ3) is 3.55. The van der Waals surface area contributed by atoms with E-state index in [0.29, 0.717) is 0 Å². The molecule has 0 aromatic heterocycles. The molecule has 0 fully saturated rings. The minimum absolute atomic E-state index is 0.0586. The normalized spacial score (nSPS) is 12.0. The van der Waals surface area contributed by atoms with E-state index in [9.17, 15) is 0 Å². The van der Waals surface area contributed by atoms with Crippen molar-refractivity contribution in [2.45, 2.75) is 33.1 Å². The lowest BCUT2D eigenvalue weighted by molar-refractivity contribution is 0.594. The van der Waals surface area contributed by atoms with Gasteiger partial charge in [0.05, 0.1) is 0 Å². The van der Waals surface area contributed by atoms with Gasteiger partial charge in [0.1, 0.15) is 0 Å². The van der Waals surface area contributed by atoms with Crippen LogP contribution in [0.3, 0.4) is 0 Å². The lowest BCUT2D eigenvalue weighted by Crippen LogP contribution is -2.75. The highest BCUT2D eigenvalue weighted by Crippen LogP contribution is 2.23. The quantitative estimate of drug-likeness (QED) is 0.341. The van der Waals surface area contributed by atoms with Crippen molar-refractivity contribution in [3.63, 3.8) is 0 Å². The van der Waals surface area contributed by atoms with Crippen LogP contribution in [0, 0.1) is 6.92 Å². The summed E-state index contributed by atoms with van der Waals surface area (Å²) in [6.45, 7) is 9.16. The molecule has 0 aliphatic rings. The third-order valence-electron chi connectivity index (χ3n) is 6.04. The van der Waals surface area contributed by atoms with Gasteiger partial charge in [0.25, 0.3) is 0 Å². The van der Waals surface area contributed by atoms with Crippen LogP contribution in [0.5, 0.6) is 0 Å². The molecule has 4 aromatic rings. The Balaban J connectivity index is 2.19. The summed E-state index contributed by atoms with van der Waals surface area (Å²) < 4.78 is 0. The maximum absolute atomic E-state index is 2.48. The third-order valence-corrected chi connectivity index (χ3v) is 10.9. The summed E-state index contributed by atoms with van der Waals surface area (Å²) in [5, 5.41) is 5.77. The molecule has 0 aliphatic carbocycles. The summed E-state index contributed by atoms with van der Waals surface area (Å²) in [5.74, 6) is 0. The summed E-state index contributed by atoms with van der Waals surface area (Å²) in [7, 11) is -2.48. The first kappa shape index (κ1) is 20.4. The molecule has 4 rings (SSSR count). The lowest BCUT2D eigenvalue weighted by atomic mass is 9.87. The summed E-state index contributed by atoms with van der Waals surface area (Å²) in [4.78, 5) is 0. The molecule has 150 valence electrons. The number of benzene rings is 4. The molecule has 0 radical (unpaired) electrons. The van der Waals surface area contributed by atoms with E-state index in [1.165, 1.54) is 31.9 Å². The van der Waals surface area contributed by atoms with E-state index >= 15 is 0 Å². The lowest BCUT2D eigenvalue weighted by Gasteiger charge is -2.38. The second kappa shape index (κ2) is 8.08. The van der Waals surface area contributed by atoms with Crippen molar-refractivity contribution < 1.29 is 0 Å². The predicted molar refractivity (Wildman–Crippen MR) is 133 cm³/mol. The molecule has 0 N–H and O–H groups in total. The molecular weight excluding hydrogens is 376 g/mol. The van der Waals surface area contributed by atoms with Gasteiger partial charge in [0, 0.05) is 0 Å². The second-order valence-electron chi connectivity index (χ2n) is 9.14. The molecule has 0 bridgehead atoms. The van der Waals surface area contributed by atoms with Crippen LogP contribution in [0.4, 0.5) is 0 Å². The smallest absolute Gasteiger partial charge is 0.0623 e. The van der Waals surface area contributed by atoms with Gasteiger partial charge in [0.15, 0.2) is 8.07 Å². The standard InChI is InChI=1S/C29H30Si/c1-23-19-21-26(22-20-23)30(24-13-7-5-8-14-24,25-15-9-6-10-16-25)28-18-12-11-17-27(28)29(2,3)4/h5-22H,1-4H3. The van der Waals surface area contributed by atoms with Crippen LogP contribution in [-0.4, -0.2) is 8.07 Å². The fraction of sp³-hybridized carbons (Fsp3) is 0.172. The van der Waals surface area contributed by atoms with Gasteiger partial charge in [0.2, 0.25) is 0 Å². The van der Waals surface area contributed by atoms with Crippen LogP contribution in [0.25, 0.3) is 0 Å². The van der Waals surface area contributed by atoms with E-state index in [1.807, 2.05) is 0 Å². The topological polar surface area (TPSA) is 0 Å². The van der Waals surface area contributed by atoms with Gasteiger partial charge in [-0.1, -0.05) is 136 Å². The van der Waals surface area contributed by atoms with Crippen molar-refractivity contribution in [3.8, 4) is 0 Å². The molecule has 0 aliphatic heterocycles. The van der Waals surface area contributed by atoms with E-state index in [-0.39, 0.29) is 5.41 Å². The van der Waals surface area contributed by atoms with Crippen LogP contribution in [0.2, 0.25) is 0 Å². The fourth-order valence-electron chi connectivity index (χ4n) is 4.61. The van der Waals surface area contributed by atoms with Crippen molar-refractivity contribution in [3.05, 3.63) is 120 Å². The fourth-order valence-corrected chi connectivity index (χ4v) is 9.80. The number of aryl methyl sites for hydroxylation is 1. The molecule has 0 spiro atoms. The van der Waals surface area contributed by atoms with Gasteiger partial charge >= 0.3 is 0 Å². The number of rotatable bonds is 4. The summed E-state index contributed by atoms with van der Waals surface area (Å²) in [6.07, 6.45) is 0. The molecule has 1 heteroatoms. The minimum atomic E-state index is -2.48. The van der Waals surface area contributed by atoms with E-state index in [2.05, 4.69) is 137 Å². The van der Waals surface area contributed by atoms with Gasteiger partial charge in [-0.15, -0.1) is 0 Å². The van der Waals surface area contributed by atoms with Gasteiger partial charge in [-0.05, 0) is 38.6 Å². The van der Waals surface area contributed by atoms with Crippen LogP contribution in [0.1, 0.15) is 31.9 Å². The Bertz CT molecular complexity index is 1060. The second-order valence-corrected chi connectivity index (χ2v) is 12.9. The van der Waals surface area contributed by atoms with E-state index in [1.54, 1.807) is 0 Å². The molecular formula is C29H30Si. The van der Waals surface area contributed by atoms with Crippen molar-refractivity contribution in [1.29, 1.82) is 0 Å². The number of hydrogen-bond donors (Lipinski definition) is 0. The van der Waals surface area contributed by atoms with E-state index in [0.717, 1.165) is 0 Å². The van der Waals surface area contributed by atoms with Crippen molar-refractivity contribution in [2.24, 2.45) is 0 Å². The molecule has 0 unspecified atom stereocenters. The highest BCUT2D eigenvalue weighted by Gasteiger charge is 2.43.